The van der Waals surface area contributed by atoms with E-state index >= 15 is 0 Å². The largest absolute Gasteiger partial charge is 0.382 e. The van der Waals surface area contributed by atoms with Crippen LogP contribution < -0.4 is 5.32 Å². The maximum absolute atomic E-state index is 5.85. The van der Waals surface area contributed by atoms with Crippen LogP contribution in [-0.4, -0.2) is 57.0 Å². The second kappa shape index (κ2) is 8.95. The van der Waals surface area contributed by atoms with Gasteiger partial charge < -0.3 is 14.8 Å². The number of methoxy groups -OCH3 is 1. The molecule has 0 unspecified atom stereocenters. The van der Waals surface area contributed by atoms with Crippen molar-refractivity contribution in [3.63, 3.8) is 0 Å². The number of ether oxygens (including phenoxy) is 2. The Morgan fingerprint density at radius 1 is 1.03 bits per heavy atom. The molecule has 4 heterocycles. The van der Waals surface area contributed by atoms with Gasteiger partial charge in [0.2, 0.25) is 5.95 Å². The molecule has 0 aliphatic heterocycles. The number of nitrogens with zero attached hydrogens (tertiary/aromatic N) is 5. The van der Waals surface area contributed by atoms with Gasteiger partial charge in [0, 0.05) is 31.1 Å². The van der Waals surface area contributed by atoms with E-state index in [1.54, 1.807) is 13.3 Å². The Labute approximate surface area is 180 Å². The number of fused-ring (bicyclic) bond motifs is 2. The van der Waals surface area contributed by atoms with E-state index in [4.69, 9.17) is 14.5 Å². The highest BCUT2D eigenvalue weighted by Crippen LogP contribution is 2.26. The third-order valence-corrected chi connectivity index (χ3v) is 5.80. The van der Waals surface area contributed by atoms with Gasteiger partial charge in [-0.05, 0) is 56.0 Å². The number of rotatable bonds is 7. The first-order chi connectivity index (χ1) is 15.3. The molecule has 1 saturated carbocycles. The van der Waals surface area contributed by atoms with Crippen LogP contribution in [0.2, 0.25) is 0 Å². The lowest BCUT2D eigenvalue weighted by Gasteiger charge is -2.29. The van der Waals surface area contributed by atoms with E-state index in [1.807, 2.05) is 47.2 Å². The quantitative estimate of drug-likeness (QED) is 0.458. The summed E-state index contributed by atoms with van der Waals surface area (Å²) >= 11 is 0. The molecule has 1 N–H and O–H groups in total. The average molecular weight is 419 g/mol. The Hall–Kier alpha value is -3.10. The van der Waals surface area contributed by atoms with Crippen molar-refractivity contribution in [2.75, 3.05) is 25.6 Å². The first-order valence-electron chi connectivity index (χ1n) is 10.7. The summed E-state index contributed by atoms with van der Waals surface area (Å²) in [6, 6.07) is 10.2. The average Bonchev–Trinajstić information content (AvgIpc) is 3.23. The van der Waals surface area contributed by atoms with Gasteiger partial charge in [-0.3, -0.25) is 4.98 Å². The molecule has 4 aromatic heterocycles. The smallest absolute Gasteiger partial charge is 0.241 e. The van der Waals surface area contributed by atoms with Gasteiger partial charge >= 0.3 is 0 Å². The molecule has 8 nitrogen and oxygen atoms in total. The lowest BCUT2D eigenvalue weighted by Crippen LogP contribution is -2.31. The van der Waals surface area contributed by atoms with Crippen LogP contribution in [0.25, 0.3) is 27.8 Å². The summed E-state index contributed by atoms with van der Waals surface area (Å²) in [5, 5.41) is 8.15. The molecule has 1 aliphatic carbocycles. The number of aromatic nitrogens is 5. The third-order valence-electron chi connectivity index (χ3n) is 5.80. The minimum atomic E-state index is 0.327. The molecule has 8 heteroatoms. The lowest BCUT2D eigenvalue weighted by atomic mass is 9.93. The Kier molecular flexibility index (Phi) is 5.73. The molecule has 0 amide bonds. The standard InChI is InChI=1S/C23H26N6O2/c1-30-13-14-31-17-6-4-16(5-7-17)26-23-25-15-22-18(10-12-29(22)28-23)19-8-9-20-21(27-19)3-2-11-24-20/h2-3,8-12,15-17H,4-7,13-14H2,1H3,(H,26,28)/t16-,17+. The Morgan fingerprint density at radius 3 is 2.81 bits per heavy atom. The Morgan fingerprint density at radius 2 is 1.94 bits per heavy atom. The van der Waals surface area contributed by atoms with Crippen LogP contribution >= 0.6 is 0 Å². The Bertz CT molecular complexity index is 1170. The summed E-state index contributed by atoms with van der Waals surface area (Å²) in [6.45, 7) is 1.31. The van der Waals surface area contributed by atoms with Crippen molar-refractivity contribution < 1.29 is 9.47 Å². The van der Waals surface area contributed by atoms with Gasteiger partial charge in [0.05, 0.1) is 47.8 Å². The number of anilines is 1. The highest BCUT2D eigenvalue weighted by atomic mass is 16.5. The normalized spacial score (nSPS) is 19.1. The molecule has 31 heavy (non-hydrogen) atoms. The van der Waals surface area contributed by atoms with Gasteiger partial charge in [-0.2, -0.15) is 0 Å². The second-order valence-corrected chi connectivity index (χ2v) is 7.86. The van der Waals surface area contributed by atoms with Gasteiger partial charge in [-0.1, -0.05) is 0 Å². The number of hydrogen-bond donors (Lipinski definition) is 1. The fraction of sp³-hybridized carbons (Fsp3) is 0.391. The molecule has 0 saturated heterocycles. The summed E-state index contributed by atoms with van der Waals surface area (Å²) in [5.41, 5.74) is 4.58. The van der Waals surface area contributed by atoms with Gasteiger partial charge in [-0.25, -0.2) is 14.5 Å². The minimum Gasteiger partial charge on any atom is -0.382 e. The third kappa shape index (κ3) is 4.35. The van der Waals surface area contributed by atoms with E-state index in [2.05, 4.69) is 20.4 Å². The SMILES string of the molecule is COCCO[C@H]1CC[C@@H](Nc2ncc3c(-c4ccc5ncccc5n4)ccn3n2)CC1. The molecule has 0 atom stereocenters. The van der Waals surface area contributed by atoms with Crippen molar-refractivity contribution in [1.82, 2.24) is 24.6 Å². The summed E-state index contributed by atoms with van der Waals surface area (Å²) in [7, 11) is 1.70. The summed E-state index contributed by atoms with van der Waals surface area (Å²) in [6.07, 6.45) is 10.1. The van der Waals surface area contributed by atoms with E-state index in [1.165, 1.54) is 0 Å². The zero-order chi connectivity index (χ0) is 21.0. The van der Waals surface area contributed by atoms with Crippen molar-refractivity contribution in [2.45, 2.75) is 37.8 Å². The molecule has 0 spiro atoms. The van der Waals surface area contributed by atoms with Crippen LogP contribution in [0.4, 0.5) is 5.95 Å². The van der Waals surface area contributed by atoms with Gasteiger partial charge in [0.1, 0.15) is 0 Å². The monoisotopic (exact) mass is 418 g/mol. The molecule has 1 fully saturated rings. The Balaban J connectivity index is 1.27. The van der Waals surface area contributed by atoms with Crippen molar-refractivity contribution in [2.24, 2.45) is 0 Å². The van der Waals surface area contributed by atoms with E-state index in [0.29, 0.717) is 31.3 Å². The summed E-state index contributed by atoms with van der Waals surface area (Å²) < 4.78 is 12.8. The van der Waals surface area contributed by atoms with Crippen molar-refractivity contribution in [3.8, 4) is 11.3 Å². The summed E-state index contributed by atoms with van der Waals surface area (Å²) in [5.74, 6) is 0.647. The fourth-order valence-corrected chi connectivity index (χ4v) is 4.14. The van der Waals surface area contributed by atoms with E-state index in [-0.39, 0.29) is 0 Å². The minimum absolute atomic E-state index is 0.327. The van der Waals surface area contributed by atoms with Gasteiger partial charge in [-0.15, -0.1) is 5.10 Å². The highest BCUT2D eigenvalue weighted by Gasteiger charge is 2.22. The zero-order valence-electron chi connectivity index (χ0n) is 17.6. The predicted molar refractivity (Wildman–Crippen MR) is 119 cm³/mol. The van der Waals surface area contributed by atoms with E-state index in [0.717, 1.165) is 53.5 Å². The number of hydrogen-bond acceptors (Lipinski definition) is 7. The molecule has 0 aromatic carbocycles. The summed E-state index contributed by atoms with van der Waals surface area (Å²) in [4.78, 5) is 13.7. The topological polar surface area (TPSA) is 86.5 Å². The molecule has 0 radical (unpaired) electrons. The fourth-order valence-electron chi connectivity index (χ4n) is 4.14. The van der Waals surface area contributed by atoms with Crippen LogP contribution in [0.1, 0.15) is 25.7 Å². The highest BCUT2D eigenvalue weighted by molar-refractivity contribution is 5.83. The predicted octanol–water partition coefficient (Wildman–Crippen LogP) is 3.73. The van der Waals surface area contributed by atoms with E-state index in [9.17, 15) is 0 Å². The molecule has 1 aliphatic rings. The molecule has 0 bridgehead atoms. The molecule has 4 aromatic rings. The first kappa shape index (κ1) is 19.8. The van der Waals surface area contributed by atoms with Crippen LogP contribution in [0.3, 0.4) is 0 Å². The maximum atomic E-state index is 5.85. The van der Waals surface area contributed by atoms with Crippen LogP contribution in [0, 0.1) is 0 Å². The van der Waals surface area contributed by atoms with Crippen LogP contribution in [0.15, 0.2) is 48.9 Å². The second-order valence-electron chi connectivity index (χ2n) is 7.86. The number of pyridine rings is 2. The van der Waals surface area contributed by atoms with Crippen molar-refractivity contribution in [3.05, 3.63) is 48.9 Å². The zero-order valence-corrected chi connectivity index (χ0v) is 17.6. The first-order valence-corrected chi connectivity index (χ1v) is 10.7. The van der Waals surface area contributed by atoms with E-state index < -0.39 is 0 Å². The van der Waals surface area contributed by atoms with Crippen LogP contribution in [0.5, 0.6) is 0 Å². The molecule has 160 valence electrons. The van der Waals surface area contributed by atoms with Crippen molar-refractivity contribution >= 4 is 22.5 Å². The van der Waals surface area contributed by atoms with Crippen LogP contribution in [-0.2, 0) is 9.47 Å². The molecular weight excluding hydrogens is 392 g/mol. The molecular formula is C23H26N6O2. The maximum Gasteiger partial charge on any atom is 0.241 e. The van der Waals surface area contributed by atoms with Gasteiger partial charge in [0.25, 0.3) is 0 Å². The van der Waals surface area contributed by atoms with Gasteiger partial charge in [0.15, 0.2) is 0 Å². The van der Waals surface area contributed by atoms with Crippen molar-refractivity contribution in [1.29, 1.82) is 0 Å². The molecule has 5 rings (SSSR count). The lowest BCUT2D eigenvalue weighted by molar-refractivity contribution is -0.00158. The number of nitrogens with one attached hydrogen (secondary N) is 1.